The van der Waals surface area contributed by atoms with Gasteiger partial charge in [0.15, 0.2) is 0 Å². The number of rotatable bonds is 7. The molecule has 0 aromatic rings. The fourth-order valence-corrected chi connectivity index (χ4v) is 4.76. The molecule has 1 saturated carbocycles. The van der Waals surface area contributed by atoms with Gasteiger partial charge < -0.3 is 9.47 Å². The maximum absolute atomic E-state index is 10.8. The highest BCUT2D eigenvalue weighted by molar-refractivity contribution is 8.00. The predicted octanol–water partition coefficient (Wildman–Crippen LogP) is 3.66. The van der Waals surface area contributed by atoms with Crippen LogP contribution in [0.15, 0.2) is 0 Å². The van der Waals surface area contributed by atoms with Crippen LogP contribution in [0.4, 0.5) is 0 Å². The Morgan fingerprint density at radius 2 is 2.05 bits per heavy atom. The van der Waals surface area contributed by atoms with Crippen LogP contribution in [0.5, 0.6) is 0 Å². The summed E-state index contributed by atoms with van der Waals surface area (Å²) in [6.07, 6.45) is 7.99. The van der Waals surface area contributed by atoms with Crippen molar-refractivity contribution < 1.29 is 14.3 Å². The van der Waals surface area contributed by atoms with Crippen LogP contribution in [0.25, 0.3) is 0 Å². The van der Waals surface area contributed by atoms with E-state index in [1.807, 2.05) is 13.8 Å². The van der Waals surface area contributed by atoms with Crippen LogP contribution in [-0.2, 0) is 14.3 Å². The molecular formula is C15H28O3S. The zero-order valence-corrected chi connectivity index (χ0v) is 13.3. The lowest BCUT2D eigenvalue weighted by Crippen LogP contribution is -2.13. The molecule has 3 unspecified atom stereocenters. The Bertz CT molecular complexity index is 258. The van der Waals surface area contributed by atoms with Gasteiger partial charge in [0.1, 0.15) is 6.61 Å². The first-order chi connectivity index (χ1) is 9.29. The molecule has 3 nitrogen and oxygen atoms in total. The summed E-state index contributed by atoms with van der Waals surface area (Å²) in [5.41, 5.74) is 0. The van der Waals surface area contributed by atoms with Crippen molar-refractivity contribution in [3.8, 4) is 0 Å². The smallest absolute Gasteiger partial charge is 0.331 e. The lowest BCUT2D eigenvalue weighted by molar-refractivity contribution is -0.145. The van der Waals surface area contributed by atoms with Gasteiger partial charge in [0.25, 0.3) is 0 Å². The van der Waals surface area contributed by atoms with Crippen LogP contribution in [0, 0.1) is 5.92 Å². The summed E-state index contributed by atoms with van der Waals surface area (Å²) in [7, 11) is 1.39. The largest absolute Gasteiger partial charge is 0.467 e. The Balaban J connectivity index is 0.000000861. The molecule has 2 bridgehead atoms. The average Bonchev–Trinajstić information content (AvgIpc) is 3.07. The molecule has 0 radical (unpaired) electrons. The molecule has 1 aliphatic carbocycles. The van der Waals surface area contributed by atoms with Gasteiger partial charge in [-0.05, 0) is 38.0 Å². The number of ether oxygens (including phenoxy) is 2. The van der Waals surface area contributed by atoms with E-state index in [0.717, 1.165) is 22.8 Å². The summed E-state index contributed by atoms with van der Waals surface area (Å²) in [6.45, 7) is 4.78. The number of esters is 1. The van der Waals surface area contributed by atoms with Gasteiger partial charge in [0.05, 0.1) is 7.11 Å². The minimum atomic E-state index is -0.284. The van der Waals surface area contributed by atoms with E-state index in [-0.39, 0.29) is 12.6 Å². The summed E-state index contributed by atoms with van der Waals surface area (Å²) in [5.74, 6) is 0.717. The van der Waals surface area contributed by atoms with Crippen LogP contribution >= 0.6 is 11.8 Å². The van der Waals surface area contributed by atoms with Gasteiger partial charge in [0.2, 0.25) is 0 Å². The zero-order chi connectivity index (χ0) is 14.1. The van der Waals surface area contributed by atoms with Crippen LogP contribution in [0.1, 0.15) is 52.4 Å². The third-order valence-electron chi connectivity index (χ3n) is 3.79. The van der Waals surface area contributed by atoms with Crippen molar-refractivity contribution >= 4 is 17.7 Å². The summed E-state index contributed by atoms with van der Waals surface area (Å²) in [4.78, 5) is 10.8. The highest BCUT2D eigenvalue weighted by Crippen LogP contribution is 2.50. The average molecular weight is 288 g/mol. The van der Waals surface area contributed by atoms with E-state index in [4.69, 9.17) is 4.74 Å². The SMILES string of the molecule is CC.COC(=O)COCCCCC1SC2CCC1C2. The lowest BCUT2D eigenvalue weighted by Gasteiger charge is -2.20. The monoisotopic (exact) mass is 288 g/mol. The minimum absolute atomic E-state index is 0.0966. The van der Waals surface area contributed by atoms with E-state index >= 15 is 0 Å². The third kappa shape index (κ3) is 5.74. The third-order valence-corrected chi connectivity index (χ3v) is 5.58. The molecule has 0 aromatic heterocycles. The number of carbonyl (C=O) groups is 1. The van der Waals surface area contributed by atoms with Crippen molar-refractivity contribution in [1.29, 1.82) is 0 Å². The molecule has 1 heterocycles. The van der Waals surface area contributed by atoms with Crippen LogP contribution in [0.2, 0.25) is 0 Å². The van der Waals surface area contributed by atoms with Crippen molar-refractivity contribution in [3.63, 3.8) is 0 Å². The molecular weight excluding hydrogens is 260 g/mol. The summed E-state index contributed by atoms with van der Waals surface area (Å²) >= 11 is 2.22. The van der Waals surface area contributed by atoms with Crippen molar-refractivity contribution in [1.82, 2.24) is 0 Å². The fraction of sp³-hybridized carbons (Fsp3) is 0.933. The normalized spacial score (nSPS) is 27.8. The van der Waals surface area contributed by atoms with Crippen molar-refractivity contribution in [2.45, 2.75) is 62.9 Å². The number of thioether (sulfide) groups is 1. The van der Waals surface area contributed by atoms with Crippen molar-refractivity contribution in [2.75, 3.05) is 20.3 Å². The van der Waals surface area contributed by atoms with Gasteiger partial charge in [0, 0.05) is 17.1 Å². The number of hydrogen-bond donors (Lipinski definition) is 0. The molecule has 2 rings (SSSR count). The molecule has 0 amide bonds. The highest BCUT2D eigenvalue weighted by Gasteiger charge is 2.39. The number of unbranched alkanes of at least 4 members (excludes halogenated alkanes) is 1. The molecule has 0 aromatic carbocycles. The zero-order valence-electron chi connectivity index (χ0n) is 12.5. The predicted molar refractivity (Wildman–Crippen MR) is 80.5 cm³/mol. The molecule has 1 aliphatic heterocycles. The van der Waals surface area contributed by atoms with Crippen LogP contribution in [0.3, 0.4) is 0 Å². The number of hydrogen-bond acceptors (Lipinski definition) is 4. The minimum Gasteiger partial charge on any atom is -0.467 e. The molecule has 2 fully saturated rings. The molecule has 3 atom stereocenters. The molecule has 0 N–H and O–H groups in total. The fourth-order valence-electron chi connectivity index (χ4n) is 2.86. The second-order valence-corrected chi connectivity index (χ2v) is 6.54. The second-order valence-electron chi connectivity index (χ2n) is 4.99. The van der Waals surface area contributed by atoms with Gasteiger partial charge in [-0.3, -0.25) is 0 Å². The topological polar surface area (TPSA) is 35.5 Å². The van der Waals surface area contributed by atoms with E-state index in [1.54, 1.807) is 0 Å². The number of carbonyl (C=O) groups excluding carboxylic acids is 1. The number of methoxy groups -OCH3 is 1. The molecule has 4 heteroatoms. The summed E-state index contributed by atoms with van der Waals surface area (Å²) < 4.78 is 9.74. The van der Waals surface area contributed by atoms with Gasteiger partial charge in [-0.15, -0.1) is 0 Å². The molecule has 1 saturated heterocycles. The molecule has 2 aliphatic rings. The van der Waals surface area contributed by atoms with Gasteiger partial charge in [-0.25, -0.2) is 4.79 Å². The van der Waals surface area contributed by atoms with Gasteiger partial charge in [-0.1, -0.05) is 20.3 Å². The van der Waals surface area contributed by atoms with Crippen molar-refractivity contribution in [3.05, 3.63) is 0 Å². The Morgan fingerprint density at radius 1 is 1.26 bits per heavy atom. The summed E-state index contributed by atoms with van der Waals surface area (Å²) in [5, 5.41) is 1.88. The molecule has 112 valence electrons. The highest BCUT2D eigenvalue weighted by atomic mass is 32.2. The summed E-state index contributed by atoms with van der Waals surface area (Å²) in [6, 6.07) is 0. The van der Waals surface area contributed by atoms with Gasteiger partial charge in [-0.2, -0.15) is 11.8 Å². The first-order valence-corrected chi connectivity index (χ1v) is 8.54. The second kappa shape index (κ2) is 9.65. The van der Waals surface area contributed by atoms with Crippen molar-refractivity contribution in [2.24, 2.45) is 5.92 Å². The first-order valence-electron chi connectivity index (χ1n) is 7.59. The molecule has 19 heavy (non-hydrogen) atoms. The number of fused-ring (bicyclic) bond motifs is 2. The molecule has 0 spiro atoms. The maximum atomic E-state index is 10.8. The van der Waals surface area contributed by atoms with E-state index in [2.05, 4.69) is 16.5 Å². The van der Waals surface area contributed by atoms with E-state index in [0.29, 0.717) is 6.61 Å². The van der Waals surface area contributed by atoms with Crippen LogP contribution in [-0.4, -0.2) is 36.8 Å². The quantitative estimate of drug-likeness (QED) is 0.529. The lowest BCUT2D eigenvalue weighted by atomic mass is 9.99. The van der Waals surface area contributed by atoms with Gasteiger partial charge >= 0.3 is 5.97 Å². The Labute approximate surface area is 121 Å². The Kier molecular flexibility index (Phi) is 8.55. The van der Waals surface area contributed by atoms with E-state index in [1.165, 1.54) is 39.2 Å². The van der Waals surface area contributed by atoms with Crippen LogP contribution < -0.4 is 0 Å². The Hall–Kier alpha value is -0.220. The first kappa shape index (κ1) is 16.8. The van der Waals surface area contributed by atoms with E-state index < -0.39 is 0 Å². The standard InChI is InChI=1S/C13H22O3S.C2H6/c1-15-13(14)9-16-7-3-2-4-12-10-5-6-11(8-10)17-12;1-2/h10-12H,2-9H2,1H3;1-2H3. The Morgan fingerprint density at radius 3 is 2.63 bits per heavy atom. The van der Waals surface area contributed by atoms with E-state index in [9.17, 15) is 4.79 Å². The maximum Gasteiger partial charge on any atom is 0.331 e.